The second kappa shape index (κ2) is 8.15. The number of nitrogens with zero attached hydrogens (tertiary/aromatic N) is 2. The minimum Gasteiger partial charge on any atom is -0.340 e. The predicted molar refractivity (Wildman–Crippen MR) is 109 cm³/mol. The number of carbonyl (C=O) groups is 1. The Morgan fingerprint density at radius 3 is 2.32 bits per heavy atom. The molecule has 0 spiro atoms. The van der Waals surface area contributed by atoms with Crippen LogP contribution in [0.15, 0.2) is 29.2 Å². The lowest BCUT2D eigenvalue weighted by Gasteiger charge is -2.35. The van der Waals surface area contributed by atoms with E-state index in [0.717, 1.165) is 30.2 Å². The second-order valence-electron chi connectivity index (χ2n) is 8.82. The molecule has 154 valence electrons. The number of amides is 1. The Balaban J connectivity index is 1.32. The Hall–Kier alpha value is -1.40. The highest BCUT2D eigenvalue weighted by atomic mass is 32.2. The maximum atomic E-state index is 12.9. The van der Waals surface area contributed by atoms with E-state index in [0.29, 0.717) is 43.4 Å². The van der Waals surface area contributed by atoms with Gasteiger partial charge in [-0.1, -0.05) is 31.9 Å². The summed E-state index contributed by atoms with van der Waals surface area (Å²) < 4.78 is 27.4. The van der Waals surface area contributed by atoms with E-state index in [1.54, 1.807) is 12.1 Å². The average molecular weight is 405 g/mol. The summed E-state index contributed by atoms with van der Waals surface area (Å²) in [6.07, 6.45) is 7.86. The van der Waals surface area contributed by atoms with E-state index >= 15 is 0 Å². The molecule has 0 unspecified atom stereocenters. The van der Waals surface area contributed by atoms with Gasteiger partial charge in [0, 0.05) is 32.6 Å². The molecule has 28 heavy (non-hydrogen) atoms. The molecule has 1 amide bonds. The number of aryl methyl sites for hydroxylation is 1. The van der Waals surface area contributed by atoms with Crippen molar-refractivity contribution in [2.24, 2.45) is 17.8 Å². The molecule has 5 nitrogen and oxygen atoms in total. The zero-order chi connectivity index (χ0) is 19.7. The summed E-state index contributed by atoms with van der Waals surface area (Å²) >= 11 is 0. The van der Waals surface area contributed by atoms with E-state index in [1.165, 1.54) is 30.0 Å². The number of fused-ring (bicyclic) bond motifs is 2. The van der Waals surface area contributed by atoms with Crippen LogP contribution in [0.2, 0.25) is 0 Å². The van der Waals surface area contributed by atoms with Gasteiger partial charge in [-0.25, -0.2) is 8.42 Å². The molecule has 0 N–H and O–H groups in total. The third kappa shape index (κ3) is 3.99. The lowest BCUT2D eigenvalue weighted by molar-refractivity contribution is -0.133. The molecule has 3 atom stereocenters. The number of piperazine rings is 1. The van der Waals surface area contributed by atoms with Crippen molar-refractivity contribution in [3.63, 3.8) is 0 Å². The van der Waals surface area contributed by atoms with Crippen LogP contribution in [0.5, 0.6) is 0 Å². The topological polar surface area (TPSA) is 57.7 Å². The molecule has 1 heterocycles. The highest BCUT2D eigenvalue weighted by molar-refractivity contribution is 7.89. The van der Waals surface area contributed by atoms with Crippen molar-refractivity contribution < 1.29 is 13.2 Å². The molecule has 1 aromatic carbocycles. The Morgan fingerprint density at radius 1 is 1.04 bits per heavy atom. The van der Waals surface area contributed by atoms with Gasteiger partial charge < -0.3 is 4.90 Å². The van der Waals surface area contributed by atoms with E-state index in [2.05, 4.69) is 6.92 Å². The first-order chi connectivity index (χ1) is 13.5. The minimum absolute atomic E-state index is 0.221. The van der Waals surface area contributed by atoms with Crippen molar-refractivity contribution in [3.05, 3.63) is 29.8 Å². The molecule has 1 aromatic rings. The van der Waals surface area contributed by atoms with Crippen molar-refractivity contribution in [2.45, 2.75) is 56.8 Å². The number of hydrogen-bond donors (Lipinski definition) is 0. The largest absolute Gasteiger partial charge is 0.340 e. The van der Waals surface area contributed by atoms with Crippen LogP contribution in [-0.2, 0) is 21.2 Å². The summed E-state index contributed by atoms with van der Waals surface area (Å²) in [5.74, 6) is 2.40. The van der Waals surface area contributed by atoms with Crippen LogP contribution < -0.4 is 0 Å². The summed E-state index contributed by atoms with van der Waals surface area (Å²) in [5, 5.41) is 0. The monoisotopic (exact) mass is 404 g/mol. The molecule has 2 bridgehead atoms. The van der Waals surface area contributed by atoms with Gasteiger partial charge in [0.15, 0.2) is 0 Å². The van der Waals surface area contributed by atoms with Gasteiger partial charge in [0.2, 0.25) is 15.9 Å². The van der Waals surface area contributed by atoms with E-state index in [9.17, 15) is 13.2 Å². The first kappa shape index (κ1) is 19.9. The van der Waals surface area contributed by atoms with Crippen molar-refractivity contribution >= 4 is 15.9 Å². The zero-order valence-electron chi connectivity index (χ0n) is 16.8. The van der Waals surface area contributed by atoms with Gasteiger partial charge in [-0.05, 0) is 61.1 Å². The lowest BCUT2D eigenvalue weighted by atomic mass is 9.86. The predicted octanol–water partition coefficient (Wildman–Crippen LogP) is 3.30. The molecule has 3 fully saturated rings. The SMILES string of the molecule is CCCc1ccc(S(=O)(=O)N2CCN(C(=O)C[C@H]3C[C@H]4CC[C@@H]3C4)CC2)cc1. The van der Waals surface area contributed by atoms with Crippen molar-refractivity contribution in [2.75, 3.05) is 26.2 Å². The van der Waals surface area contributed by atoms with Crippen LogP contribution in [0.4, 0.5) is 0 Å². The molecule has 1 aliphatic heterocycles. The summed E-state index contributed by atoms with van der Waals surface area (Å²) in [4.78, 5) is 14.9. The fraction of sp³-hybridized carbons (Fsp3) is 0.682. The number of hydrogen-bond acceptors (Lipinski definition) is 3. The van der Waals surface area contributed by atoms with Gasteiger partial charge >= 0.3 is 0 Å². The first-order valence-corrected chi connectivity index (χ1v) is 12.3. The minimum atomic E-state index is -3.48. The third-order valence-corrected chi connectivity index (χ3v) is 8.93. The summed E-state index contributed by atoms with van der Waals surface area (Å²) in [5.41, 5.74) is 1.16. The van der Waals surface area contributed by atoms with Gasteiger partial charge in [-0.15, -0.1) is 0 Å². The molecule has 1 saturated heterocycles. The molecular formula is C22H32N2O3S. The van der Waals surface area contributed by atoms with Crippen LogP contribution in [0.25, 0.3) is 0 Å². The molecule has 0 radical (unpaired) electrons. The first-order valence-electron chi connectivity index (χ1n) is 10.8. The molecule has 4 rings (SSSR count). The lowest BCUT2D eigenvalue weighted by Crippen LogP contribution is -2.50. The van der Waals surface area contributed by atoms with Crippen LogP contribution in [0.3, 0.4) is 0 Å². The van der Waals surface area contributed by atoms with Crippen molar-refractivity contribution in [1.82, 2.24) is 9.21 Å². The fourth-order valence-electron chi connectivity index (χ4n) is 5.42. The maximum Gasteiger partial charge on any atom is 0.243 e. The number of benzene rings is 1. The van der Waals surface area contributed by atoms with Crippen LogP contribution in [0, 0.1) is 17.8 Å². The number of sulfonamides is 1. The van der Waals surface area contributed by atoms with Crippen LogP contribution in [-0.4, -0.2) is 49.7 Å². The highest BCUT2D eigenvalue weighted by Gasteiger charge is 2.41. The van der Waals surface area contributed by atoms with Crippen LogP contribution in [0.1, 0.15) is 51.0 Å². The average Bonchev–Trinajstić information content (AvgIpc) is 3.32. The Labute approximate surface area is 169 Å². The quantitative estimate of drug-likeness (QED) is 0.731. The molecule has 3 aliphatic rings. The normalized spacial score (nSPS) is 28.0. The highest BCUT2D eigenvalue weighted by Crippen LogP contribution is 2.49. The summed E-state index contributed by atoms with van der Waals surface area (Å²) in [6.45, 7) is 3.91. The molecular weight excluding hydrogens is 372 g/mol. The second-order valence-corrected chi connectivity index (χ2v) is 10.8. The Kier molecular flexibility index (Phi) is 5.79. The smallest absolute Gasteiger partial charge is 0.243 e. The standard InChI is InChI=1S/C22H32N2O3S/c1-2-3-17-5-8-21(9-6-17)28(26,27)24-12-10-23(11-13-24)22(25)16-20-15-18-4-7-19(20)14-18/h5-6,8-9,18-20H,2-4,7,10-16H2,1H3/t18-,19+,20+/m0/s1. The Morgan fingerprint density at radius 2 is 1.75 bits per heavy atom. The van der Waals surface area contributed by atoms with Gasteiger partial charge in [-0.3, -0.25) is 4.79 Å². The van der Waals surface area contributed by atoms with Crippen LogP contribution >= 0.6 is 0 Å². The van der Waals surface area contributed by atoms with Gasteiger partial charge in [0.1, 0.15) is 0 Å². The number of carbonyl (C=O) groups excluding carboxylic acids is 1. The molecule has 2 aliphatic carbocycles. The zero-order valence-corrected chi connectivity index (χ0v) is 17.7. The number of rotatable bonds is 6. The van der Waals surface area contributed by atoms with E-state index in [1.807, 2.05) is 17.0 Å². The molecule has 6 heteroatoms. The van der Waals surface area contributed by atoms with Gasteiger partial charge in [0.25, 0.3) is 0 Å². The molecule has 2 saturated carbocycles. The maximum absolute atomic E-state index is 12.9. The molecule has 0 aromatic heterocycles. The fourth-order valence-corrected chi connectivity index (χ4v) is 6.85. The van der Waals surface area contributed by atoms with E-state index < -0.39 is 10.0 Å². The van der Waals surface area contributed by atoms with Gasteiger partial charge in [0.05, 0.1) is 4.90 Å². The van der Waals surface area contributed by atoms with Crippen molar-refractivity contribution in [1.29, 1.82) is 0 Å². The summed E-state index contributed by atoms with van der Waals surface area (Å²) in [7, 11) is -3.48. The van der Waals surface area contributed by atoms with Crippen molar-refractivity contribution in [3.8, 4) is 0 Å². The van der Waals surface area contributed by atoms with E-state index in [-0.39, 0.29) is 5.91 Å². The summed E-state index contributed by atoms with van der Waals surface area (Å²) in [6, 6.07) is 7.25. The Bertz CT molecular complexity index is 798. The third-order valence-electron chi connectivity index (χ3n) is 7.01. The van der Waals surface area contributed by atoms with E-state index in [4.69, 9.17) is 0 Å². The van der Waals surface area contributed by atoms with Gasteiger partial charge in [-0.2, -0.15) is 4.31 Å².